The number of halogens is 1. The molecule has 2 rings (SSSR count). The van der Waals surface area contributed by atoms with Crippen LogP contribution in [-0.4, -0.2) is 23.9 Å². The predicted molar refractivity (Wildman–Crippen MR) is 82.6 cm³/mol. The van der Waals surface area contributed by atoms with Crippen LogP contribution >= 0.6 is 11.3 Å². The SMILES string of the molecule is CC(C)C(C)N(C)C(=O)c1sc2cccc(F)c2c1N. The van der Waals surface area contributed by atoms with Crippen molar-refractivity contribution in [3.8, 4) is 0 Å². The van der Waals surface area contributed by atoms with Gasteiger partial charge >= 0.3 is 0 Å². The van der Waals surface area contributed by atoms with E-state index in [0.29, 0.717) is 20.9 Å². The van der Waals surface area contributed by atoms with Crippen molar-refractivity contribution in [2.45, 2.75) is 26.8 Å². The molecular weight excluding hydrogens is 275 g/mol. The second kappa shape index (κ2) is 5.40. The maximum absolute atomic E-state index is 13.8. The third-order valence-corrected chi connectivity index (χ3v) is 4.95. The van der Waals surface area contributed by atoms with Gasteiger partial charge in [-0.25, -0.2) is 4.39 Å². The molecule has 3 nitrogen and oxygen atoms in total. The minimum atomic E-state index is -0.380. The van der Waals surface area contributed by atoms with Crippen LogP contribution in [0.5, 0.6) is 0 Å². The van der Waals surface area contributed by atoms with Crippen molar-refractivity contribution in [2.24, 2.45) is 5.92 Å². The summed E-state index contributed by atoms with van der Waals surface area (Å²) in [6.07, 6.45) is 0. The number of nitrogen functional groups attached to an aromatic ring is 1. The van der Waals surface area contributed by atoms with E-state index in [2.05, 4.69) is 13.8 Å². The van der Waals surface area contributed by atoms with Gasteiger partial charge in [0.25, 0.3) is 5.91 Å². The summed E-state index contributed by atoms with van der Waals surface area (Å²) in [5.41, 5.74) is 6.22. The molecule has 0 aliphatic heterocycles. The lowest BCUT2D eigenvalue weighted by molar-refractivity contribution is 0.0713. The molecule has 2 N–H and O–H groups in total. The van der Waals surface area contributed by atoms with Crippen LogP contribution in [0.15, 0.2) is 18.2 Å². The summed E-state index contributed by atoms with van der Waals surface area (Å²) >= 11 is 1.25. The Balaban J connectivity index is 2.46. The molecule has 1 atom stereocenters. The number of hydrogen-bond acceptors (Lipinski definition) is 3. The van der Waals surface area contributed by atoms with Crippen molar-refractivity contribution in [3.05, 3.63) is 28.9 Å². The number of anilines is 1. The molecule has 0 spiro atoms. The Kier molecular flexibility index (Phi) is 3.99. The zero-order valence-electron chi connectivity index (χ0n) is 12.1. The second-order valence-electron chi connectivity index (χ2n) is 5.36. The third-order valence-electron chi connectivity index (χ3n) is 3.79. The summed E-state index contributed by atoms with van der Waals surface area (Å²) in [6, 6.07) is 4.86. The predicted octanol–water partition coefficient (Wildman–Crippen LogP) is 3.74. The van der Waals surface area contributed by atoms with E-state index >= 15 is 0 Å². The molecular formula is C15H19FN2OS. The van der Waals surface area contributed by atoms with E-state index in [4.69, 9.17) is 5.73 Å². The van der Waals surface area contributed by atoms with Gasteiger partial charge in [0, 0.05) is 17.8 Å². The number of benzene rings is 1. The van der Waals surface area contributed by atoms with E-state index in [0.717, 1.165) is 0 Å². The molecule has 0 aliphatic carbocycles. The molecule has 1 unspecified atom stereocenters. The van der Waals surface area contributed by atoms with Crippen molar-refractivity contribution in [2.75, 3.05) is 12.8 Å². The number of amides is 1. The number of nitrogens with two attached hydrogens (primary N) is 1. The molecule has 2 aromatic rings. The summed E-state index contributed by atoms with van der Waals surface area (Å²) < 4.78 is 14.5. The van der Waals surface area contributed by atoms with E-state index in [1.54, 1.807) is 24.1 Å². The fraction of sp³-hybridized carbons (Fsp3) is 0.400. The lowest BCUT2D eigenvalue weighted by Gasteiger charge is -2.27. The molecule has 0 bridgehead atoms. The van der Waals surface area contributed by atoms with Gasteiger partial charge in [-0.05, 0) is 25.0 Å². The molecule has 1 aromatic heterocycles. The minimum Gasteiger partial charge on any atom is -0.397 e. The molecule has 1 amide bonds. The van der Waals surface area contributed by atoms with E-state index in [-0.39, 0.29) is 23.5 Å². The lowest BCUT2D eigenvalue weighted by atomic mass is 10.0. The van der Waals surface area contributed by atoms with Crippen LogP contribution in [0.1, 0.15) is 30.4 Å². The summed E-state index contributed by atoms with van der Waals surface area (Å²) in [5, 5.41) is 0.353. The number of carbonyl (C=O) groups is 1. The topological polar surface area (TPSA) is 46.3 Å². The van der Waals surface area contributed by atoms with Gasteiger partial charge < -0.3 is 10.6 Å². The van der Waals surface area contributed by atoms with Crippen molar-refractivity contribution >= 4 is 33.0 Å². The highest BCUT2D eigenvalue weighted by Crippen LogP contribution is 2.36. The summed E-state index contributed by atoms with van der Waals surface area (Å²) in [6.45, 7) is 6.11. The van der Waals surface area contributed by atoms with Crippen LogP contribution in [0, 0.1) is 11.7 Å². The van der Waals surface area contributed by atoms with Crippen molar-refractivity contribution in [3.63, 3.8) is 0 Å². The Morgan fingerprint density at radius 3 is 2.55 bits per heavy atom. The Hall–Kier alpha value is -1.62. The summed E-state index contributed by atoms with van der Waals surface area (Å²) in [7, 11) is 1.76. The maximum Gasteiger partial charge on any atom is 0.266 e. The van der Waals surface area contributed by atoms with Crippen LogP contribution in [-0.2, 0) is 0 Å². The van der Waals surface area contributed by atoms with Gasteiger partial charge in [0.15, 0.2) is 0 Å². The van der Waals surface area contributed by atoms with Crippen LogP contribution in [0.3, 0.4) is 0 Å². The molecule has 5 heteroatoms. The molecule has 1 heterocycles. The highest BCUT2D eigenvalue weighted by molar-refractivity contribution is 7.21. The Bertz CT molecular complexity index is 651. The minimum absolute atomic E-state index is 0.0944. The first-order chi connectivity index (χ1) is 9.34. The van der Waals surface area contributed by atoms with E-state index in [1.807, 2.05) is 6.92 Å². The Labute approximate surface area is 122 Å². The smallest absolute Gasteiger partial charge is 0.266 e. The fourth-order valence-corrected chi connectivity index (χ4v) is 3.20. The largest absolute Gasteiger partial charge is 0.397 e. The first kappa shape index (κ1) is 14.8. The first-order valence-electron chi connectivity index (χ1n) is 6.58. The molecule has 108 valence electrons. The molecule has 1 aromatic carbocycles. The Morgan fingerprint density at radius 1 is 1.35 bits per heavy atom. The van der Waals surface area contributed by atoms with Gasteiger partial charge in [0.1, 0.15) is 10.7 Å². The number of thiophene rings is 1. The maximum atomic E-state index is 13.8. The van der Waals surface area contributed by atoms with Gasteiger partial charge in [0.05, 0.1) is 11.1 Å². The summed E-state index contributed by atoms with van der Waals surface area (Å²) in [5.74, 6) is -0.185. The van der Waals surface area contributed by atoms with E-state index in [9.17, 15) is 9.18 Å². The molecule has 0 radical (unpaired) electrons. The van der Waals surface area contributed by atoms with Crippen molar-refractivity contribution in [1.29, 1.82) is 0 Å². The van der Waals surface area contributed by atoms with Crippen LogP contribution in [0.2, 0.25) is 0 Å². The van der Waals surface area contributed by atoms with Gasteiger partial charge in [0.2, 0.25) is 0 Å². The molecule has 0 fully saturated rings. The van der Waals surface area contributed by atoms with Crippen molar-refractivity contribution < 1.29 is 9.18 Å². The Morgan fingerprint density at radius 2 is 2.00 bits per heavy atom. The molecule has 0 saturated carbocycles. The van der Waals surface area contributed by atoms with E-state index < -0.39 is 0 Å². The molecule has 20 heavy (non-hydrogen) atoms. The quantitative estimate of drug-likeness (QED) is 0.937. The van der Waals surface area contributed by atoms with Gasteiger partial charge in [-0.3, -0.25) is 4.79 Å². The molecule has 0 aliphatic rings. The van der Waals surface area contributed by atoms with E-state index in [1.165, 1.54) is 17.4 Å². The van der Waals surface area contributed by atoms with Crippen LogP contribution in [0.25, 0.3) is 10.1 Å². The number of carbonyl (C=O) groups excluding carboxylic acids is 1. The normalized spacial score (nSPS) is 12.9. The number of hydrogen-bond donors (Lipinski definition) is 1. The zero-order valence-corrected chi connectivity index (χ0v) is 12.9. The number of fused-ring (bicyclic) bond motifs is 1. The van der Waals surface area contributed by atoms with Crippen LogP contribution in [0.4, 0.5) is 10.1 Å². The third kappa shape index (κ3) is 2.38. The number of rotatable bonds is 3. The average molecular weight is 294 g/mol. The summed E-state index contributed by atoms with van der Waals surface area (Å²) in [4.78, 5) is 14.6. The van der Waals surface area contributed by atoms with Gasteiger partial charge in [-0.15, -0.1) is 11.3 Å². The lowest BCUT2D eigenvalue weighted by Crippen LogP contribution is -2.38. The van der Waals surface area contributed by atoms with Crippen molar-refractivity contribution in [1.82, 2.24) is 4.90 Å². The first-order valence-corrected chi connectivity index (χ1v) is 7.39. The average Bonchev–Trinajstić information content (AvgIpc) is 2.74. The van der Waals surface area contributed by atoms with Gasteiger partial charge in [-0.1, -0.05) is 19.9 Å². The zero-order chi connectivity index (χ0) is 15.0. The van der Waals surface area contributed by atoms with Crippen LogP contribution < -0.4 is 5.73 Å². The standard InChI is InChI=1S/C15H19FN2OS/c1-8(2)9(3)18(4)15(19)14-13(17)12-10(16)6-5-7-11(12)20-14/h5-9H,17H2,1-4H3. The molecule has 0 saturated heterocycles. The highest BCUT2D eigenvalue weighted by Gasteiger charge is 2.25. The number of nitrogens with zero attached hydrogens (tertiary/aromatic N) is 1. The highest BCUT2D eigenvalue weighted by atomic mass is 32.1. The monoisotopic (exact) mass is 294 g/mol. The second-order valence-corrected chi connectivity index (χ2v) is 6.41. The fourth-order valence-electron chi connectivity index (χ4n) is 2.08. The van der Waals surface area contributed by atoms with Gasteiger partial charge in [-0.2, -0.15) is 0 Å².